The Morgan fingerprint density at radius 1 is 0.643 bits per heavy atom. The highest BCUT2D eigenvalue weighted by atomic mass is 16.5. The van der Waals surface area contributed by atoms with Crippen LogP contribution in [0.15, 0.2) is 42.6 Å². The lowest BCUT2D eigenvalue weighted by molar-refractivity contribution is 0.304. The van der Waals surface area contributed by atoms with Crippen LogP contribution >= 0.6 is 0 Å². The summed E-state index contributed by atoms with van der Waals surface area (Å²) in [5.74, 6) is 0.994. The molecular formula is C26H39NO. The van der Waals surface area contributed by atoms with E-state index in [-0.39, 0.29) is 0 Å². The topological polar surface area (TPSA) is 22.1 Å². The van der Waals surface area contributed by atoms with Crippen molar-refractivity contribution in [2.45, 2.75) is 90.9 Å². The molecule has 2 aromatic rings. The minimum absolute atomic E-state index is 0.833. The number of pyridine rings is 1. The van der Waals surface area contributed by atoms with E-state index in [9.17, 15) is 0 Å². The highest BCUT2D eigenvalue weighted by Gasteiger charge is 2.00. The van der Waals surface area contributed by atoms with E-state index in [0.717, 1.165) is 38.0 Å². The fourth-order valence-electron chi connectivity index (χ4n) is 3.42. The van der Waals surface area contributed by atoms with Crippen LogP contribution in [0.4, 0.5) is 0 Å². The molecule has 154 valence electrons. The lowest BCUT2D eigenvalue weighted by atomic mass is 10.0. The van der Waals surface area contributed by atoms with Gasteiger partial charge >= 0.3 is 0 Å². The third kappa shape index (κ3) is 9.39. The molecular weight excluding hydrogens is 342 g/mol. The second-order valence-corrected chi connectivity index (χ2v) is 7.88. The number of hydrogen-bond acceptors (Lipinski definition) is 2. The third-order valence-electron chi connectivity index (χ3n) is 5.31. The van der Waals surface area contributed by atoms with Crippen molar-refractivity contribution in [3.63, 3.8) is 0 Å². The van der Waals surface area contributed by atoms with E-state index in [2.05, 4.69) is 61.4 Å². The van der Waals surface area contributed by atoms with Crippen LogP contribution in [0, 0.1) is 0 Å². The van der Waals surface area contributed by atoms with E-state index < -0.39 is 0 Å². The Morgan fingerprint density at radius 3 is 1.96 bits per heavy atom. The van der Waals surface area contributed by atoms with Crippen molar-refractivity contribution in [2.75, 3.05) is 6.61 Å². The normalized spacial score (nSPS) is 10.9. The minimum Gasteiger partial charge on any atom is -0.494 e. The monoisotopic (exact) mass is 381 g/mol. The van der Waals surface area contributed by atoms with Crippen molar-refractivity contribution in [1.82, 2.24) is 4.98 Å². The average molecular weight is 382 g/mol. The maximum Gasteiger partial charge on any atom is 0.119 e. The van der Waals surface area contributed by atoms with Crippen molar-refractivity contribution in [2.24, 2.45) is 0 Å². The Labute approximate surface area is 172 Å². The molecule has 0 N–H and O–H groups in total. The summed E-state index contributed by atoms with van der Waals surface area (Å²) in [7, 11) is 0. The second kappa shape index (κ2) is 14.2. The number of unbranched alkanes of at least 4 members (excludes halogenated alkanes) is 7. The first-order valence-electron chi connectivity index (χ1n) is 11.5. The van der Waals surface area contributed by atoms with E-state index in [1.807, 2.05) is 0 Å². The van der Waals surface area contributed by atoms with E-state index >= 15 is 0 Å². The van der Waals surface area contributed by atoms with Gasteiger partial charge in [-0.25, -0.2) is 0 Å². The van der Waals surface area contributed by atoms with Crippen molar-refractivity contribution in [3.05, 3.63) is 59.4 Å². The fraction of sp³-hybridized carbons (Fsp3) is 0.577. The summed E-state index contributed by atoms with van der Waals surface area (Å²) in [6.07, 6.45) is 16.9. The Hall–Kier alpha value is -1.83. The lowest BCUT2D eigenvalue weighted by Gasteiger charge is -2.08. The molecule has 28 heavy (non-hydrogen) atoms. The number of ether oxygens (including phenoxy) is 1. The molecule has 0 radical (unpaired) electrons. The Balaban J connectivity index is 1.65. The van der Waals surface area contributed by atoms with Crippen LogP contribution in [0.1, 0.15) is 88.5 Å². The molecule has 0 fully saturated rings. The molecule has 0 unspecified atom stereocenters. The zero-order chi connectivity index (χ0) is 19.9. The Morgan fingerprint density at radius 2 is 1.29 bits per heavy atom. The Kier molecular flexibility index (Phi) is 11.4. The van der Waals surface area contributed by atoms with Crippen LogP contribution in [0.5, 0.6) is 5.75 Å². The zero-order valence-corrected chi connectivity index (χ0v) is 18.1. The quantitative estimate of drug-likeness (QED) is 0.301. The minimum atomic E-state index is 0.833. The van der Waals surface area contributed by atoms with E-state index in [0.29, 0.717) is 0 Å². The summed E-state index contributed by atoms with van der Waals surface area (Å²) in [4.78, 5) is 4.64. The van der Waals surface area contributed by atoms with Gasteiger partial charge in [0.15, 0.2) is 0 Å². The fourth-order valence-corrected chi connectivity index (χ4v) is 3.42. The zero-order valence-electron chi connectivity index (χ0n) is 18.1. The number of nitrogens with zero attached hydrogens (tertiary/aromatic N) is 1. The van der Waals surface area contributed by atoms with Gasteiger partial charge in [0.05, 0.1) is 6.61 Å². The smallest absolute Gasteiger partial charge is 0.119 e. The van der Waals surface area contributed by atoms with Gasteiger partial charge in [0.25, 0.3) is 0 Å². The summed E-state index contributed by atoms with van der Waals surface area (Å²) in [5, 5.41) is 0. The predicted molar refractivity (Wildman–Crippen MR) is 120 cm³/mol. The lowest BCUT2D eigenvalue weighted by Crippen LogP contribution is -1.98. The molecule has 1 heterocycles. The maximum atomic E-state index is 5.85. The van der Waals surface area contributed by atoms with Gasteiger partial charge in [-0.05, 0) is 61.4 Å². The van der Waals surface area contributed by atoms with Gasteiger partial charge in [0.1, 0.15) is 5.75 Å². The molecule has 0 aliphatic carbocycles. The average Bonchev–Trinajstić information content (AvgIpc) is 2.74. The summed E-state index contributed by atoms with van der Waals surface area (Å²) in [6, 6.07) is 13.1. The molecule has 0 saturated heterocycles. The molecule has 2 nitrogen and oxygen atoms in total. The predicted octanol–water partition coefficient (Wildman–Crippen LogP) is 7.34. The molecule has 0 bridgehead atoms. The first-order chi connectivity index (χ1) is 13.8. The molecule has 2 rings (SSSR count). The SMILES string of the molecule is CCCCCCCOc1ccc(CCc2ccc(CCCCCC)nc2)cc1. The molecule has 0 saturated carbocycles. The van der Waals surface area contributed by atoms with Crippen LogP contribution in [0.3, 0.4) is 0 Å². The second-order valence-electron chi connectivity index (χ2n) is 7.88. The maximum absolute atomic E-state index is 5.85. The highest BCUT2D eigenvalue weighted by Crippen LogP contribution is 2.15. The molecule has 0 aliphatic rings. The van der Waals surface area contributed by atoms with Gasteiger partial charge < -0.3 is 4.74 Å². The van der Waals surface area contributed by atoms with E-state index in [4.69, 9.17) is 4.74 Å². The van der Waals surface area contributed by atoms with Crippen molar-refractivity contribution in [1.29, 1.82) is 0 Å². The number of aryl methyl sites for hydroxylation is 3. The van der Waals surface area contributed by atoms with Gasteiger partial charge in [-0.3, -0.25) is 4.98 Å². The first kappa shape index (κ1) is 22.5. The summed E-state index contributed by atoms with van der Waals surface area (Å²) < 4.78 is 5.85. The van der Waals surface area contributed by atoms with Gasteiger partial charge in [-0.1, -0.05) is 77.0 Å². The van der Waals surface area contributed by atoms with Gasteiger partial charge in [0, 0.05) is 11.9 Å². The van der Waals surface area contributed by atoms with Crippen LogP contribution in [-0.2, 0) is 19.3 Å². The molecule has 0 amide bonds. The third-order valence-corrected chi connectivity index (χ3v) is 5.31. The molecule has 0 atom stereocenters. The van der Waals surface area contributed by atoms with Gasteiger partial charge in [-0.2, -0.15) is 0 Å². The van der Waals surface area contributed by atoms with Crippen LogP contribution in [0.2, 0.25) is 0 Å². The molecule has 0 spiro atoms. The van der Waals surface area contributed by atoms with Crippen LogP contribution in [0.25, 0.3) is 0 Å². The number of benzene rings is 1. The van der Waals surface area contributed by atoms with Crippen molar-refractivity contribution < 1.29 is 4.74 Å². The summed E-state index contributed by atoms with van der Waals surface area (Å²) >= 11 is 0. The van der Waals surface area contributed by atoms with Crippen LogP contribution < -0.4 is 4.74 Å². The molecule has 2 heteroatoms. The number of hydrogen-bond donors (Lipinski definition) is 0. The van der Waals surface area contributed by atoms with Crippen LogP contribution in [-0.4, -0.2) is 11.6 Å². The van der Waals surface area contributed by atoms with Gasteiger partial charge in [0.2, 0.25) is 0 Å². The summed E-state index contributed by atoms with van der Waals surface area (Å²) in [6.45, 7) is 5.34. The molecule has 1 aromatic heterocycles. The largest absolute Gasteiger partial charge is 0.494 e. The standard InChI is InChI=1S/C26H39NO/c1-3-5-7-9-11-21-28-26-19-16-23(17-20-26)13-14-24-15-18-25(27-22-24)12-10-8-6-4-2/h15-20,22H,3-14,21H2,1-2H3. The molecule has 1 aromatic carbocycles. The molecule has 0 aliphatic heterocycles. The van der Waals surface area contributed by atoms with E-state index in [1.54, 1.807) is 0 Å². The number of aromatic nitrogens is 1. The van der Waals surface area contributed by atoms with E-state index in [1.165, 1.54) is 68.2 Å². The number of rotatable bonds is 15. The van der Waals surface area contributed by atoms with Gasteiger partial charge in [-0.15, -0.1) is 0 Å². The van der Waals surface area contributed by atoms with Crippen molar-refractivity contribution >= 4 is 0 Å². The highest BCUT2D eigenvalue weighted by molar-refractivity contribution is 5.28. The van der Waals surface area contributed by atoms with Crippen molar-refractivity contribution in [3.8, 4) is 5.75 Å². The first-order valence-corrected chi connectivity index (χ1v) is 11.5. The Bertz CT molecular complexity index is 618. The summed E-state index contributed by atoms with van der Waals surface area (Å²) in [5.41, 5.74) is 3.92.